The molecule has 144 valence electrons. The predicted molar refractivity (Wildman–Crippen MR) is 109 cm³/mol. The second kappa shape index (κ2) is 9.80. The summed E-state index contributed by atoms with van der Waals surface area (Å²) >= 11 is 3.41. The molecule has 3 rings (SSSR count). The van der Waals surface area contributed by atoms with Crippen molar-refractivity contribution in [1.29, 1.82) is 0 Å². The zero-order valence-electron chi connectivity index (χ0n) is 15.3. The Balaban J connectivity index is 1.55. The maximum absolute atomic E-state index is 12.8. The van der Waals surface area contributed by atoms with E-state index in [1.807, 2.05) is 30.3 Å². The van der Waals surface area contributed by atoms with Crippen molar-refractivity contribution in [3.63, 3.8) is 0 Å². The Kier molecular flexibility index (Phi) is 7.18. The number of thioether (sulfide) groups is 1. The number of benzene rings is 1. The van der Waals surface area contributed by atoms with Crippen molar-refractivity contribution in [2.45, 2.75) is 36.5 Å². The fourth-order valence-corrected chi connectivity index (χ4v) is 4.83. The van der Waals surface area contributed by atoms with Crippen molar-refractivity contribution in [2.75, 3.05) is 19.7 Å². The Bertz CT molecular complexity index is 756. The number of hydrogen-bond donors (Lipinski definition) is 1. The van der Waals surface area contributed by atoms with Crippen LogP contribution in [-0.2, 0) is 10.5 Å². The van der Waals surface area contributed by atoms with Crippen LogP contribution in [0.4, 0.5) is 4.79 Å². The van der Waals surface area contributed by atoms with E-state index in [9.17, 15) is 9.59 Å². The van der Waals surface area contributed by atoms with Gasteiger partial charge in [-0.05, 0) is 43.3 Å². The normalized spacial score (nSPS) is 14.8. The van der Waals surface area contributed by atoms with Crippen LogP contribution in [0.5, 0.6) is 0 Å². The van der Waals surface area contributed by atoms with Crippen LogP contribution >= 0.6 is 23.1 Å². The number of carbonyl (C=O) groups excluding carboxylic acids is 2. The Labute approximate surface area is 168 Å². The van der Waals surface area contributed by atoms with Crippen LogP contribution in [0, 0.1) is 0 Å². The first kappa shape index (κ1) is 19.8. The molecule has 1 aromatic heterocycles. The van der Waals surface area contributed by atoms with Gasteiger partial charge >= 0.3 is 6.09 Å². The van der Waals surface area contributed by atoms with E-state index < -0.39 is 0 Å². The molecule has 0 atom stereocenters. The molecule has 1 aliphatic heterocycles. The summed E-state index contributed by atoms with van der Waals surface area (Å²) in [7, 11) is 0. The molecule has 2 heterocycles. The van der Waals surface area contributed by atoms with Gasteiger partial charge in [0.25, 0.3) is 5.91 Å². The number of carbonyl (C=O) groups is 2. The number of ether oxygens (including phenoxy) is 1. The van der Waals surface area contributed by atoms with E-state index in [0.717, 1.165) is 23.5 Å². The van der Waals surface area contributed by atoms with Crippen LogP contribution in [-0.4, -0.2) is 42.6 Å². The number of thiophene rings is 1. The molecule has 27 heavy (non-hydrogen) atoms. The molecule has 2 amide bonds. The lowest BCUT2D eigenvalue weighted by molar-refractivity contribution is 0.0858. The van der Waals surface area contributed by atoms with Crippen LogP contribution in [0.3, 0.4) is 0 Å². The quantitative estimate of drug-likeness (QED) is 0.726. The van der Waals surface area contributed by atoms with E-state index in [2.05, 4.69) is 16.8 Å². The van der Waals surface area contributed by atoms with Crippen LogP contribution in [0.2, 0.25) is 0 Å². The highest BCUT2D eigenvalue weighted by Gasteiger charge is 2.25. The summed E-state index contributed by atoms with van der Waals surface area (Å²) in [6, 6.07) is 12.0. The van der Waals surface area contributed by atoms with Crippen LogP contribution in [0.25, 0.3) is 0 Å². The molecule has 0 unspecified atom stereocenters. The predicted octanol–water partition coefficient (Wildman–Crippen LogP) is 4.39. The second-order valence-corrected chi connectivity index (χ2v) is 8.35. The molecule has 1 N–H and O–H groups in total. The maximum Gasteiger partial charge on any atom is 0.409 e. The fourth-order valence-electron chi connectivity index (χ4n) is 3.01. The molecule has 5 nitrogen and oxygen atoms in total. The van der Waals surface area contributed by atoms with Crippen molar-refractivity contribution in [3.8, 4) is 0 Å². The Morgan fingerprint density at radius 3 is 2.70 bits per heavy atom. The third-order valence-electron chi connectivity index (χ3n) is 4.44. The largest absolute Gasteiger partial charge is 0.450 e. The van der Waals surface area contributed by atoms with Gasteiger partial charge in [0.1, 0.15) is 0 Å². The highest BCUT2D eigenvalue weighted by atomic mass is 32.2. The summed E-state index contributed by atoms with van der Waals surface area (Å²) in [6.07, 6.45) is 1.22. The van der Waals surface area contributed by atoms with Gasteiger partial charge in [-0.25, -0.2) is 4.79 Å². The Morgan fingerprint density at radius 1 is 1.22 bits per heavy atom. The third-order valence-corrected chi connectivity index (χ3v) is 6.62. The molecule has 0 bridgehead atoms. The van der Waals surface area contributed by atoms with Crippen molar-refractivity contribution >= 4 is 35.1 Å². The van der Waals surface area contributed by atoms with E-state index in [1.165, 1.54) is 4.88 Å². The van der Waals surface area contributed by atoms with Gasteiger partial charge in [-0.2, -0.15) is 0 Å². The topological polar surface area (TPSA) is 58.6 Å². The van der Waals surface area contributed by atoms with E-state index in [1.54, 1.807) is 34.9 Å². The average Bonchev–Trinajstić information content (AvgIpc) is 3.21. The number of likely N-dealkylation sites (tertiary alicyclic amines) is 1. The van der Waals surface area contributed by atoms with E-state index in [-0.39, 0.29) is 18.0 Å². The summed E-state index contributed by atoms with van der Waals surface area (Å²) < 4.78 is 5.04. The smallest absolute Gasteiger partial charge is 0.409 e. The lowest BCUT2D eigenvalue weighted by Gasteiger charge is -2.31. The third kappa shape index (κ3) is 5.49. The number of nitrogens with one attached hydrogen (secondary N) is 1. The fraction of sp³-hybridized carbons (Fsp3) is 0.400. The summed E-state index contributed by atoms with van der Waals surface area (Å²) in [5, 5.41) is 5.20. The Morgan fingerprint density at radius 2 is 2.00 bits per heavy atom. The number of amides is 2. The lowest BCUT2D eigenvalue weighted by atomic mass is 10.0. The first-order chi connectivity index (χ1) is 13.2. The van der Waals surface area contributed by atoms with Gasteiger partial charge in [-0.1, -0.05) is 18.2 Å². The summed E-state index contributed by atoms with van der Waals surface area (Å²) in [5.74, 6) is 0.818. The lowest BCUT2D eigenvalue weighted by Crippen LogP contribution is -2.46. The molecule has 7 heteroatoms. The number of hydrogen-bond acceptors (Lipinski definition) is 5. The van der Waals surface area contributed by atoms with Crippen LogP contribution < -0.4 is 5.32 Å². The summed E-state index contributed by atoms with van der Waals surface area (Å²) in [6.45, 7) is 3.41. The molecule has 1 aliphatic rings. The summed E-state index contributed by atoms with van der Waals surface area (Å²) in [4.78, 5) is 28.6. The number of piperidine rings is 1. The maximum atomic E-state index is 12.8. The zero-order chi connectivity index (χ0) is 19.1. The zero-order valence-corrected chi connectivity index (χ0v) is 17.0. The van der Waals surface area contributed by atoms with E-state index in [0.29, 0.717) is 25.3 Å². The van der Waals surface area contributed by atoms with Crippen molar-refractivity contribution in [1.82, 2.24) is 10.2 Å². The molecule has 1 saturated heterocycles. The van der Waals surface area contributed by atoms with E-state index in [4.69, 9.17) is 4.74 Å². The molecule has 1 aromatic carbocycles. The molecule has 0 saturated carbocycles. The van der Waals surface area contributed by atoms with E-state index >= 15 is 0 Å². The Hall–Kier alpha value is -1.99. The first-order valence-corrected chi connectivity index (χ1v) is 11.0. The monoisotopic (exact) mass is 404 g/mol. The van der Waals surface area contributed by atoms with Gasteiger partial charge in [0.2, 0.25) is 0 Å². The number of rotatable bonds is 6. The summed E-state index contributed by atoms with van der Waals surface area (Å²) in [5.41, 5.74) is 0.715. The average molecular weight is 405 g/mol. The van der Waals surface area contributed by atoms with Gasteiger partial charge in [0.05, 0.1) is 12.2 Å². The van der Waals surface area contributed by atoms with Crippen molar-refractivity contribution in [2.24, 2.45) is 0 Å². The van der Waals surface area contributed by atoms with Crippen molar-refractivity contribution < 1.29 is 14.3 Å². The molecular weight excluding hydrogens is 380 g/mol. The van der Waals surface area contributed by atoms with Gasteiger partial charge in [-0.15, -0.1) is 23.1 Å². The molecule has 0 spiro atoms. The molecule has 0 aliphatic carbocycles. The van der Waals surface area contributed by atoms with Gasteiger partial charge in [0, 0.05) is 34.7 Å². The first-order valence-electron chi connectivity index (χ1n) is 9.14. The SMILES string of the molecule is CCOC(=O)N1CCC(NC(=O)c2ccccc2SCc2cccs2)CC1. The second-order valence-electron chi connectivity index (χ2n) is 6.30. The van der Waals surface area contributed by atoms with Gasteiger partial charge in [0.15, 0.2) is 0 Å². The minimum atomic E-state index is -0.266. The van der Waals surface area contributed by atoms with Crippen molar-refractivity contribution in [3.05, 3.63) is 52.2 Å². The van der Waals surface area contributed by atoms with Crippen LogP contribution in [0.1, 0.15) is 35.0 Å². The molecule has 1 fully saturated rings. The minimum absolute atomic E-state index is 0.0427. The molecule has 2 aromatic rings. The van der Waals surface area contributed by atoms with Crippen LogP contribution in [0.15, 0.2) is 46.7 Å². The molecule has 0 radical (unpaired) electrons. The standard InChI is InChI=1S/C20H24N2O3S2/c1-2-25-20(24)22-11-9-15(10-12-22)21-19(23)17-7-3-4-8-18(17)27-14-16-6-5-13-26-16/h3-8,13,15H,2,9-12,14H2,1H3,(H,21,23). The molecular formula is C20H24N2O3S2. The van der Waals surface area contributed by atoms with Gasteiger partial charge < -0.3 is 15.0 Å². The highest BCUT2D eigenvalue weighted by Crippen LogP contribution is 2.28. The number of nitrogens with zero attached hydrogens (tertiary/aromatic N) is 1. The minimum Gasteiger partial charge on any atom is -0.450 e. The highest BCUT2D eigenvalue weighted by molar-refractivity contribution is 7.98. The van der Waals surface area contributed by atoms with Gasteiger partial charge in [-0.3, -0.25) is 4.79 Å².